The maximum atomic E-state index is 2.41. The van der Waals surface area contributed by atoms with Crippen LogP contribution in [-0.4, -0.2) is 25.0 Å². The molecule has 0 aromatic rings. The zero-order valence-corrected chi connectivity index (χ0v) is 8.14. The van der Waals surface area contributed by atoms with Crippen LogP contribution in [0.25, 0.3) is 0 Å². The van der Waals surface area contributed by atoms with Gasteiger partial charge < -0.3 is 4.90 Å². The summed E-state index contributed by atoms with van der Waals surface area (Å²) < 4.78 is 0. The summed E-state index contributed by atoms with van der Waals surface area (Å²) >= 11 is 0. The van der Waals surface area contributed by atoms with Gasteiger partial charge in [-0.25, -0.2) is 0 Å². The summed E-state index contributed by atoms with van der Waals surface area (Å²) in [6, 6.07) is 0.869. The van der Waals surface area contributed by atoms with Gasteiger partial charge in [0.15, 0.2) is 0 Å². The molecule has 0 aromatic carbocycles. The molecule has 0 bridgehead atoms. The van der Waals surface area contributed by atoms with Gasteiger partial charge in [0, 0.05) is 6.04 Å². The minimum Gasteiger partial charge on any atom is -0.306 e. The minimum absolute atomic E-state index is 0.869. The largest absolute Gasteiger partial charge is 0.306 e. The van der Waals surface area contributed by atoms with Gasteiger partial charge >= 0.3 is 0 Å². The lowest BCUT2D eigenvalue weighted by Gasteiger charge is -2.35. The Hall–Kier alpha value is -0.0400. The van der Waals surface area contributed by atoms with Crippen LogP contribution in [-0.2, 0) is 0 Å². The number of hydrogen-bond donors (Lipinski definition) is 0. The first kappa shape index (κ1) is 9.05. The second-order valence-corrected chi connectivity index (χ2v) is 3.98. The molecule has 0 N–H and O–H groups in total. The third-order valence-electron chi connectivity index (χ3n) is 3.06. The highest BCUT2D eigenvalue weighted by Gasteiger charge is 2.24. The van der Waals surface area contributed by atoms with E-state index in [4.69, 9.17) is 0 Å². The van der Waals surface area contributed by atoms with E-state index in [0.717, 1.165) is 12.0 Å². The Kier molecular flexibility index (Phi) is 3.38. The van der Waals surface area contributed by atoms with Crippen molar-refractivity contribution in [2.75, 3.05) is 14.1 Å². The van der Waals surface area contributed by atoms with Crippen molar-refractivity contribution in [1.82, 2.24) is 4.90 Å². The lowest BCUT2D eigenvalue weighted by atomic mass is 9.82. The van der Waals surface area contributed by atoms with E-state index >= 15 is 0 Å². The summed E-state index contributed by atoms with van der Waals surface area (Å²) in [6.45, 7) is 2.33. The molecule has 0 amide bonds. The Morgan fingerprint density at radius 2 is 1.82 bits per heavy atom. The van der Waals surface area contributed by atoms with Gasteiger partial charge in [0.25, 0.3) is 0 Å². The molecule has 2 atom stereocenters. The Morgan fingerprint density at radius 1 is 1.18 bits per heavy atom. The molecule has 0 heterocycles. The fourth-order valence-electron chi connectivity index (χ4n) is 2.34. The fourth-order valence-corrected chi connectivity index (χ4v) is 2.34. The van der Waals surface area contributed by atoms with Crippen molar-refractivity contribution < 1.29 is 0 Å². The van der Waals surface area contributed by atoms with E-state index in [1.54, 1.807) is 0 Å². The molecule has 0 saturated heterocycles. The summed E-state index contributed by atoms with van der Waals surface area (Å²) in [5.74, 6) is 0.971. The molecule has 1 aliphatic rings. The van der Waals surface area contributed by atoms with E-state index in [-0.39, 0.29) is 0 Å². The van der Waals surface area contributed by atoms with E-state index in [1.165, 1.54) is 32.1 Å². The standard InChI is InChI=1S/C10H21N/c1-4-9-7-5-6-8-10(9)11(2)3/h9-10H,4-8H2,1-3H3/t9-,10-/m0/s1. The van der Waals surface area contributed by atoms with Gasteiger partial charge in [-0.2, -0.15) is 0 Å². The van der Waals surface area contributed by atoms with Crippen molar-refractivity contribution in [3.05, 3.63) is 0 Å². The van der Waals surface area contributed by atoms with Crippen LogP contribution in [0.5, 0.6) is 0 Å². The third-order valence-corrected chi connectivity index (χ3v) is 3.06. The molecule has 66 valence electrons. The molecule has 0 radical (unpaired) electrons. The lowest BCUT2D eigenvalue weighted by Crippen LogP contribution is -2.37. The first-order valence-corrected chi connectivity index (χ1v) is 4.92. The topological polar surface area (TPSA) is 3.24 Å². The number of rotatable bonds is 2. The molecule has 1 fully saturated rings. The summed E-state index contributed by atoms with van der Waals surface area (Å²) in [4.78, 5) is 2.41. The van der Waals surface area contributed by atoms with Crippen molar-refractivity contribution in [2.45, 2.75) is 45.1 Å². The van der Waals surface area contributed by atoms with Crippen LogP contribution in [0.3, 0.4) is 0 Å². The van der Waals surface area contributed by atoms with E-state index in [9.17, 15) is 0 Å². The van der Waals surface area contributed by atoms with Crippen molar-refractivity contribution >= 4 is 0 Å². The molecule has 0 spiro atoms. The minimum atomic E-state index is 0.869. The molecule has 11 heavy (non-hydrogen) atoms. The highest BCUT2D eigenvalue weighted by Crippen LogP contribution is 2.29. The normalized spacial score (nSPS) is 32.7. The van der Waals surface area contributed by atoms with Crippen LogP contribution in [0.4, 0.5) is 0 Å². The fraction of sp³-hybridized carbons (Fsp3) is 1.00. The summed E-state index contributed by atoms with van der Waals surface area (Å²) in [5.41, 5.74) is 0. The summed E-state index contributed by atoms with van der Waals surface area (Å²) in [5, 5.41) is 0. The molecular formula is C10H21N. The monoisotopic (exact) mass is 155 g/mol. The van der Waals surface area contributed by atoms with Crippen molar-refractivity contribution in [1.29, 1.82) is 0 Å². The van der Waals surface area contributed by atoms with Crippen molar-refractivity contribution in [2.24, 2.45) is 5.92 Å². The van der Waals surface area contributed by atoms with Crippen LogP contribution < -0.4 is 0 Å². The Balaban J connectivity index is 2.44. The average Bonchev–Trinajstić information content (AvgIpc) is 2.04. The van der Waals surface area contributed by atoms with E-state index < -0.39 is 0 Å². The molecule has 1 rings (SSSR count). The predicted octanol–water partition coefficient (Wildman–Crippen LogP) is 2.52. The van der Waals surface area contributed by atoms with Gasteiger partial charge in [0.1, 0.15) is 0 Å². The van der Waals surface area contributed by atoms with E-state index in [0.29, 0.717) is 0 Å². The Labute approximate surface area is 70.8 Å². The van der Waals surface area contributed by atoms with Crippen LogP contribution in [0, 0.1) is 5.92 Å². The first-order chi connectivity index (χ1) is 5.25. The zero-order valence-electron chi connectivity index (χ0n) is 8.14. The SMILES string of the molecule is CC[C@H]1CCCC[C@@H]1N(C)C. The first-order valence-electron chi connectivity index (χ1n) is 4.92. The summed E-state index contributed by atoms with van der Waals surface area (Å²) in [6.07, 6.45) is 7.15. The van der Waals surface area contributed by atoms with Gasteiger partial charge in [0.05, 0.1) is 0 Å². The van der Waals surface area contributed by atoms with Crippen molar-refractivity contribution in [3.8, 4) is 0 Å². The maximum absolute atomic E-state index is 2.41. The van der Waals surface area contributed by atoms with E-state index in [1.807, 2.05) is 0 Å². The Bertz CT molecular complexity index is 109. The second kappa shape index (κ2) is 4.10. The second-order valence-electron chi connectivity index (χ2n) is 3.98. The molecule has 1 aliphatic carbocycles. The van der Waals surface area contributed by atoms with Gasteiger partial charge in [-0.15, -0.1) is 0 Å². The van der Waals surface area contributed by atoms with Crippen LogP contribution in [0.15, 0.2) is 0 Å². The molecule has 0 aliphatic heterocycles. The number of hydrogen-bond acceptors (Lipinski definition) is 1. The summed E-state index contributed by atoms with van der Waals surface area (Å²) in [7, 11) is 4.44. The highest BCUT2D eigenvalue weighted by molar-refractivity contribution is 4.79. The van der Waals surface area contributed by atoms with Gasteiger partial charge in [-0.05, 0) is 32.9 Å². The van der Waals surface area contributed by atoms with Gasteiger partial charge in [-0.3, -0.25) is 0 Å². The third kappa shape index (κ3) is 2.19. The molecule has 1 heteroatoms. The van der Waals surface area contributed by atoms with Crippen LogP contribution in [0.1, 0.15) is 39.0 Å². The molecular weight excluding hydrogens is 134 g/mol. The van der Waals surface area contributed by atoms with Crippen molar-refractivity contribution in [3.63, 3.8) is 0 Å². The Morgan fingerprint density at radius 3 is 2.27 bits per heavy atom. The lowest BCUT2D eigenvalue weighted by molar-refractivity contribution is 0.152. The average molecular weight is 155 g/mol. The molecule has 1 saturated carbocycles. The molecule has 0 unspecified atom stereocenters. The quantitative estimate of drug-likeness (QED) is 0.592. The predicted molar refractivity (Wildman–Crippen MR) is 49.7 cm³/mol. The van der Waals surface area contributed by atoms with Crippen LogP contribution >= 0.6 is 0 Å². The zero-order chi connectivity index (χ0) is 8.27. The highest BCUT2D eigenvalue weighted by atomic mass is 15.1. The van der Waals surface area contributed by atoms with Gasteiger partial charge in [0.2, 0.25) is 0 Å². The van der Waals surface area contributed by atoms with Gasteiger partial charge in [-0.1, -0.05) is 26.2 Å². The smallest absolute Gasteiger partial charge is 0.0117 e. The molecule has 0 aromatic heterocycles. The number of nitrogens with zero attached hydrogens (tertiary/aromatic N) is 1. The van der Waals surface area contributed by atoms with E-state index in [2.05, 4.69) is 25.9 Å². The maximum Gasteiger partial charge on any atom is 0.0117 e. The van der Waals surface area contributed by atoms with Crippen LogP contribution in [0.2, 0.25) is 0 Å². The molecule has 1 nitrogen and oxygen atoms in total.